The number of rotatable bonds is 5. The third kappa shape index (κ3) is 4.77. The maximum absolute atomic E-state index is 17.6. The highest BCUT2D eigenvalue weighted by Gasteiger charge is 2.51. The van der Waals surface area contributed by atoms with Gasteiger partial charge in [0.2, 0.25) is 0 Å². The summed E-state index contributed by atoms with van der Waals surface area (Å²) >= 11 is 0. The second-order valence-electron chi connectivity index (χ2n) is 14.3. The average molecular weight is 711 g/mol. The third-order valence-electron chi connectivity index (χ3n) is 11.1. The molecule has 3 atom stereocenters. The molecular weight excluding hydrogens is 677 g/mol. The van der Waals surface area contributed by atoms with Crippen molar-refractivity contribution in [3.05, 3.63) is 47.7 Å². The van der Waals surface area contributed by atoms with E-state index in [1.54, 1.807) is 18.1 Å². The molecule has 52 heavy (non-hydrogen) atoms. The van der Waals surface area contributed by atoms with Gasteiger partial charge in [-0.1, -0.05) is 12.0 Å². The molecule has 1 spiro atoms. The Morgan fingerprint density at radius 2 is 1.94 bits per heavy atom. The minimum absolute atomic E-state index is 0.0322. The maximum Gasteiger partial charge on any atom is 0.322 e. The molecule has 5 aromatic rings. The van der Waals surface area contributed by atoms with Gasteiger partial charge in [-0.25, -0.2) is 18.0 Å². The van der Waals surface area contributed by atoms with Gasteiger partial charge in [-0.3, -0.25) is 19.7 Å². The first-order chi connectivity index (χ1) is 25.0. The SMILES string of the molecule is C#Cc1c(F)ccc2cc(O)cc(-c3c(F)c4nc(OC[C@@]56CCCN5C[C@H](F)C6)nc(N5CCC[C@]6(C5)NC(=O)NC6=O)c4c4cn(C)nc34)c12. The lowest BCUT2D eigenvalue weighted by molar-refractivity contribution is -0.124. The highest BCUT2D eigenvalue weighted by atomic mass is 19.1. The molecule has 0 bridgehead atoms. The van der Waals surface area contributed by atoms with Crippen molar-refractivity contribution in [2.24, 2.45) is 7.05 Å². The van der Waals surface area contributed by atoms with Crippen molar-refractivity contribution >= 4 is 50.3 Å². The van der Waals surface area contributed by atoms with Crippen LogP contribution < -0.4 is 20.3 Å². The number of hydrogen-bond acceptors (Lipinski definition) is 9. The largest absolute Gasteiger partial charge is 0.508 e. The lowest BCUT2D eigenvalue weighted by atomic mass is 9.88. The third-order valence-corrected chi connectivity index (χ3v) is 11.1. The molecule has 4 aliphatic heterocycles. The Morgan fingerprint density at radius 1 is 1.12 bits per heavy atom. The van der Waals surface area contributed by atoms with Crippen molar-refractivity contribution < 1.29 is 32.6 Å². The van der Waals surface area contributed by atoms with Crippen LogP contribution in [0.15, 0.2) is 30.5 Å². The predicted octanol–water partition coefficient (Wildman–Crippen LogP) is 4.44. The first-order valence-electron chi connectivity index (χ1n) is 17.2. The fraction of sp³-hybridized carbons (Fsp3) is 0.378. The second kappa shape index (κ2) is 11.4. The highest BCUT2D eigenvalue weighted by Crippen LogP contribution is 2.46. The number of urea groups is 1. The van der Waals surface area contributed by atoms with Gasteiger partial charge in [0.25, 0.3) is 5.91 Å². The Morgan fingerprint density at radius 3 is 2.73 bits per heavy atom. The van der Waals surface area contributed by atoms with Gasteiger partial charge in [-0.2, -0.15) is 15.1 Å². The van der Waals surface area contributed by atoms with Crippen LogP contribution >= 0.6 is 0 Å². The number of carbonyl (C=O) groups excluding carboxylic acids is 2. The maximum atomic E-state index is 17.6. The summed E-state index contributed by atoms with van der Waals surface area (Å²) in [4.78, 5) is 38.7. The molecule has 3 N–H and O–H groups in total. The van der Waals surface area contributed by atoms with E-state index in [9.17, 15) is 19.1 Å². The van der Waals surface area contributed by atoms with Crippen LogP contribution in [0.5, 0.6) is 11.8 Å². The van der Waals surface area contributed by atoms with Crippen molar-refractivity contribution in [1.82, 2.24) is 35.3 Å². The number of carbonyl (C=O) groups is 2. The fourth-order valence-corrected chi connectivity index (χ4v) is 8.92. The molecule has 12 nitrogen and oxygen atoms in total. The van der Waals surface area contributed by atoms with Crippen molar-refractivity contribution in [2.45, 2.75) is 49.4 Å². The number of benzene rings is 3. The molecule has 4 fully saturated rings. The van der Waals surface area contributed by atoms with Gasteiger partial charge in [0.15, 0.2) is 5.82 Å². The first-order valence-corrected chi connectivity index (χ1v) is 17.2. The fourth-order valence-electron chi connectivity index (χ4n) is 8.92. The number of ether oxygens (including phenoxy) is 1. The van der Waals surface area contributed by atoms with E-state index in [0.29, 0.717) is 43.1 Å². The number of anilines is 1. The quantitative estimate of drug-likeness (QED) is 0.179. The smallest absolute Gasteiger partial charge is 0.322 e. The standard InChI is InChI=1S/C37H33F3N8O4/c1-3-22-25(39)7-6-19-12-21(49)13-23(26(19)22)27-29(40)31-28(24-16-46(2)45-30(24)27)32(47-10-5-9-37(17-47)33(50)43-34(51)44-37)42-35(41-31)52-18-36-8-4-11-48(36)15-20(38)14-36/h1,6-7,12-13,16,20,49H,4-5,8-11,14-15,17-18H2,2H3,(H2,43,44,50,51)/t20-,36+,37-/m1/s1. The van der Waals surface area contributed by atoms with E-state index in [1.165, 1.54) is 28.9 Å². The van der Waals surface area contributed by atoms with E-state index in [2.05, 4.69) is 31.5 Å². The van der Waals surface area contributed by atoms with Crippen LogP contribution in [0.4, 0.5) is 23.8 Å². The van der Waals surface area contributed by atoms with Crippen molar-refractivity contribution in [3.63, 3.8) is 0 Å². The number of terminal acetylenes is 1. The normalized spacial score (nSPS) is 24.6. The Balaban J connectivity index is 1.29. The van der Waals surface area contributed by atoms with Crippen LogP contribution in [0.1, 0.15) is 37.7 Å². The van der Waals surface area contributed by atoms with Gasteiger partial charge in [-0.15, -0.1) is 6.42 Å². The lowest BCUT2D eigenvalue weighted by Gasteiger charge is -2.39. The molecule has 15 heteroatoms. The molecule has 0 aliphatic carbocycles. The number of nitrogens with zero attached hydrogens (tertiary/aromatic N) is 6. The van der Waals surface area contributed by atoms with Crippen molar-refractivity contribution in [3.8, 4) is 35.2 Å². The number of halogens is 3. The van der Waals surface area contributed by atoms with Gasteiger partial charge in [0.05, 0.1) is 23.0 Å². The van der Waals surface area contributed by atoms with Crippen molar-refractivity contribution in [2.75, 3.05) is 37.7 Å². The molecule has 9 rings (SSSR count). The minimum Gasteiger partial charge on any atom is -0.508 e. The molecular formula is C37H33F3N8O4. The molecule has 2 aromatic heterocycles. The number of fused-ring (bicyclic) bond motifs is 5. The van der Waals surface area contributed by atoms with Gasteiger partial charge in [0.1, 0.15) is 46.7 Å². The molecule has 6 heterocycles. The zero-order chi connectivity index (χ0) is 36.1. The Labute approximate surface area is 294 Å². The van der Waals surface area contributed by atoms with Crippen LogP contribution in [0.2, 0.25) is 0 Å². The zero-order valence-electron chi connectivity index (χ0n) is 28.1. The molecule has 3 aromatic carbocycles. The van der Waals surface area contributed by atoms with E-state index in [-0.39, 0.29) is 69.2 Å². The molecule has 4 aliphatic rings. The number of aromatic hydroxyl groups is 1. The predicted molar refractivity (Wildman–Crippen MR) is 186 cm³/mol. The van der Waals surface area contributed by atoms with Crippen molar-refractivity contribution in [1.29, 1.82) is 0 Å². The van der Waals surface area contributed by atoms with E-state index < -0.39 is 40.8 Å². The number of imide groups is 1. The van der Waals surface area contributed by atoms with Crippen LogP contribution in [0.25, 0.3) is 43.7 Å². The van der Waals surface area contributed by atoms with E-state index in [0.717, 1.165) is 19.4 Å². The number of piperidine rings is 1. The second-order valence-corrected chi connectivity index (χ2v) is 14.3. The number of phenols is 1. The van der Waals surface area contributed by atoms with Crippen LogP contribution in [-0.4, -0.2) is 91.7 Å². The Kier molecular flexibility index (Phi) is 7.11. The zero-order valence-corrected chi connectivity index (χ0v) is 28.1. The van der Waals surface area contributed by atoms with Crippen LogP contribution in [-0.2, 0) is 11.8 Å². The number of aryl methyl sites for hydroxylation is 1. The van der Waals surface area contributed by atoms with E-state index >= 15 is 8.78 Å². The molecule has 0 unspecified atom stereocenters. The number of aromatic nitrogens is 4. The summed E-state index contributed by atoms with van der Waals surface area (Å²) in [5.41, 5.74) is -1.84. The number of alkyl halides is 1. The molecule has 4 saturated heterocycles. The number of nitrogens with one attached hydrogen (secondary N) is 2. The summed E-state index contributed by atoms with van der Waals surface area (Å²) in [5, 5.41) is 21.9. The lowest BCUT2D eigenvalue weighted by Crippen LogP contribution is -2.58. The first kappa shape index (κ1) is 32.3. The monoisotopic (exact) mass is 710 g/mol. The Hall–Kier alpha value is -5.62. The van der Waals surface area contributed by atoms with E-state index in [1.807, 2.05) is 0 Å². The van der Waals surface area contributed by atoms with Crippen LogP contribution in [0, 0.1) is 24.0 Å². The molecule has 3 amide bonds. The van der Waals surface area contributed by atoms with Gasteiger partial charge >= 0.3 is 12.0 Å². The highest BCUT2D eigenvalue weighted by molar-refractivity contribution is 6.18. The summed E-state index contributed by atoms with van der Waals surface area (Å²) in [6, 6.07) is 4.62. The number of phenolic OH excluding ortho intramolecular Hbond substituents is 1. The summed E-state index contributed by atoms with van der Waals surface area (Å²) < 4.78 is 55.2. The summed E-state index contributed by atoms with van der Waals surface area (Å²) in [6.45, 7) is 1.57. The van der Waals surface area contributed by atoms with Gasteiger partial charge < -0.3 is 20.1 Å². The topological polar surface area (TPSA) is 138 Å². The van der Waals surface area contributed by atoms with Crippen LogP contribution in [0.3, 0.4) is 0 Å². The summed E-state index contributed by atoms with van der Waals surface area (Å²) in [7, 11) is 1.67. The number of hydrogen-bond donors (Lipinski definition) is 3. The molecule has 0 saturated carbocycles. The van der Waals surface area contributed by atoms with Gasteiger partial charge in [0, 0.05) is 49.1 Å². The Bertz CT molecular complexity index is 2430. The summed E-state index contributed by atoms with van der Waals surface area (Å²) in [5.74, 6) is 0.430. The molecule has 266 valence electrons. The van der Waals surface area contributed by atoms with Gasteiger partial charge in [-0.05, 0) is 61.4 Å². The minimum atomic E-state index is -1.24. The summed E-state index contributed by atoms with van der Waals surface area (Å²) in [6.07, 6.45) is 9.25. The van der Waals surface area contributed by atoms with E-state index in [4.69, 9.17) is 16.1 Å². The average Bonchev–Trinajstić information content (AvgIpc) is 3.83. The number of amides is 3. The molecule has 0 radical (unpaired) electrons.